The Morgan fingerprint density at radius 1 is 1.43 bits per heavy atom. The van der Waals surface area contributed by atoms with E-state index in [2.05, 4.69) is 15.0 Å². The number of H-pyrrole nitrogens is 1. The molecule has 0 aliphatic carbocycles. The molecule has 7 nitrogen and oxygen atoms in total. The predicted molar refractivity (Wildman–Crippen MR) is 76.2 cm³/mol. The van der Waals surface area contributed by atoms with Crippen LogP contribution in [0, 0.1) is 13.8 Å². The van der Waals surface area contributed by atoms with Crippen molar-refractivity contribution in [3.05, 3.63) is 45.7 Å². The number of aryl methyl sites for hydroxylation is 2. The van der Waals surface area contributed by atoms with Gasteiger partial charge in [0.1, 0.15) is 5.82 Å². The first-order valence-corrected chi connectivity index (χ1v) is 6.76. The van der Waals surface area contributed by atoms with Crippen LogP contribution in [0.5, 0.6) is 0 Å². The van der Waals surface area contributed by atoms with Crippen LogP contribution in [-0.4, -0.2) is 30.6 Å². The summed E-state index contributed by atoms with van der Waals surface area (Å²) in [7, 11) is 0. The van der Waals surface area contributed by atoms with E-state index >= 15 is 0 Å². The molecule has 2 heterocycles. The van der Waals surface area contributed by atoms with Gasteiger partial charge in [-0.25, -0.2) is 9.78 Å². The average Bonchev–Trinajstić information content (AvgIpc) is 2.91. The zero-order valence-corrected chi connectivity index (χ0v) is 12.1. The van der Waals surface area contributed by atoms with Gasteiger partial charge in [-0.15, -0.1) is 0 Å². The van der Waals surface area contributed by atoms with Crippen molar-refractivity contribution >= 4 is 5.97 Å². The molecule has 2 rings (SSSR count). The Kier molecular flexibility index (Phi) is 4.52. The highest BCUT2D eigenvalue weighted by molar-refractivity contribution is 5.70. The molecule has 112 valence electrons. The zero-order chi connectivity index (χ0) is 15.4. The molecule has 7 heteroatoms. The van der Waals surface area contributed by atoms with Crippen LogP contribution >= 0.6 is 0 Å². The highest BCUT2D eigenvalue weighted by Gasteiger charge is 2.14. The summed E-state index contributed by atoms with van der Waals surface area (Å²) in [4.78, 5) is 33.9. The molecule has 0 saturated heterocycles. The van der Waals surface area contributed by atoms with Gasteiger partial charge in [0.05, 0.1) is 6.42 Å². The highest BCUT2D eigenvalue weighted by Crippen LogP contribution is 2.11. The van der Waals surface area contributed by atoms with Crippen LogP contribution in [-0.2, 0) is 24.2 Å². The summed E-state index contributed by atoms with van der Waals surface area (Å²) in [5, 5.41) is 8.95. The van der Waals surface area contributed by atoms with E-state index in [1.807, 2.05) is 0 Å². The van der Waals surface area contributed by atoms with Crippen molar-refractivity contribution in [3.63, 3.8) is 0 Å². The molecular weight excluding hydrogens is 272 g/mol. The van der Waals surface area contributed by atoms with Crippen LogP contribution in [0.25, 0.3) is 0 Å². The van der Waals surface area contributed by atoms with Crippen LogP contribution in [0.15, 0.2) is 17.2 Å². The smallest absolute Gasteiger partial charge is 0.347 e. The molecule has 21 heavy (non-hydrogen) atoms. The van der Waals surface area contributed by atoms with Crippen molar-refractivity contribution in [3.8, 4) is 0 Å². The lowest BCUT2D eigenvalue weighted by atomic mass is 10.1. The maximum absolute atomic E-state index is 12.0. The van der Waals surface area contributed by atoms with Crippen molar-refractivity contribution in [2.75, 3.05) is 0 Å². The number of aliphatic carboxylic acids is 1. The minimum atomic E-state index is -0.927. The van der Waals surface area contributed by atoms with Gasteiger partial charge in [-0.2, -0.15) is 4.98 Å². The van der Waals surface area contributed by atoms with Crippen LogP contribution < -0.4 is 5.69 Å². The molecule has 0 unspecified atom stereocenters. The Morgan fingerprint density at radius 3 is 2.81 bits per heavy atom. The molecule has 0 spiro atoms. The lowest BCUT2D eigenvalue weighted by molar-refractivity contribution is -0.136. The second kappa shape index (κ2) is 6.34. The first-order chi connectivity index (χ1) is 9.99. The SMILES string of the molecule is Cc1nc(=O)n(CCCc2ncc[nH]2)c(C)c1CC(=O)O. The molecule has 2 aromatic heterocycles. The molecule has 0 bridgehead atoms. The standard InChI is InChI=1S/C14H18N4O3/c1-9-11(8-13(19)20)10(2)18(14(21)17-9)7-3-4-12-15-5-6-16-12/h5-6H,3-4,7-8H2,1-2H3,(H,15,16)(H,19,20). The van der Waals surface area contributed by atoms with Crippen LogP contribution in [0.3, 0.4) is 0 Å². The van der Waals surface area contributed by atoms with E-state index in [9.17, 15) is 9.59 Å². The summed E-state index contributed by atoms with van der Waals surface area (Å²) in [5.74, 6) is -0.0599. The lowest BCUT2D eigenvalue weighted by Gasteiger charge is -2.14. The number of rotatable bonds is 6. The third-order valence-electron chi connectivity index (χ3n) is 3.45. The van der Waals surface area contributed by atoms with Crippen molar-refractivity contribution in [2.24, 2.45) is 0 Å². The number of carbonyl (C=O) groups is 1. The van der Waals surface area contributed by atoms with Gasteiger partial charge in [0, 0.05) is 42.3 Å². The summed E-state index contributed by atoms with van der Waals surface area (Å²) in [6.45, 7) is 3.92. The monoisotopic (exact) mass is 290 g/mol. The molecule has 0 saturated carbocycles. The fourth-order valence-electron chi connectivity index (χ4n) is 2.35. The van der Waals surface area contributed by atoms with Gasteiger partial charge < -0.3 is 10.1 Å². The molecule has 0 fully saturated rings. The number of nitrogens with zero attached hydrogens (tertiary/aromatic N) is 3. The molecular formula is C14H18N4O3. The van der Waals surface area contributed by atoms with Crippen LogP contribution in [0.1, 0.15) is 29.2 Å². The van der Waals surface area contributed by atoms with Gasteiger partial charge in [0.15, 0.2) is 0 Å². The number of nitrogens with one attached hydrogen (secondary N) is 1. The molecule has 0 atom stereocenters. The minimum Gasteiger partial charge on any atom is -0.481 e. The van der Waals surface area contributed by atoms with Gasteiger partial charge in [-0.05, 0) is 20.3 Å². The first-order valence-electron chi connectivity index (χ1n) is 6.76. The summed E-state index contributed by atoms with van der Waals surface area (Å²) >= 11 is 0. The molecule has 0 amide bonds. The average molecular weight is 290 g/mol. The van der Waals surface area contributed by atoms with Gasteiger partial charge >= 0.3 is 11.7 Å². The van der Waals surface area contributed by atoms with Gasteiger partial charge in [0.2, 0.25) is 0 Å². The number of carboxylic acid groups (broad SMARTS) is 1. The number of hydrogen-bond donors (Lipinski definition) is 2. The number of aromatic nitrogens is 4. The summed E-state index contributed by atoms with van der Waals surface area (Å²) in [5.41, 5.74) is 1.44. The maximum atomic E-state index is 12.0. The van der Waals surface area contributed by atoms with E-state index in [1.54, 1.807) is 26.2 Å². The lowest BCUT2D eigenvalue weighted by Crippen LogP contribution is -2.28. The summed E-state index contributed by atoms with van der Waals surface area (Å²) < 4.78 is 1.54. The highest BCUT2D eigenvalue weighted by atomic mass is 16.4. The minimum absolute atomic E-state index is 0.122. The topological polar surface area (TPSA) is 101 Å². The van der Waals surface area contributed by atoms with Crippen molar-refractivity contribution < 1.29 is 9.90 Å². The van der Waals surface area contributed by atoms with Crippen molar-refractivity contribution in [1.82, 2.24) is 19.5 Å². The molecule has 0 aliphatic rings. The Labute approximate surface area is 121 Å². The molecule has 2 aromatic rings. The van der Waals surface area contributed by atoms with Crippen LogP contribution in [0.2, 0.25) is 0 Å². The molecule has 0 radical (unpaired) electrons. The van der Waals surface area contributed by atoms with Gasteiger partial charge in [0.25, 0.3) is 0 Å². The van der Waals surface area contributed by atoms with Crippen molar-refractivity contribution in [1.29, 1.82) is 0 Å². The summed E-state index contributed by atoms with van der Waals surface area (Å²) in [6, 6.07) is 0. The van der Waals surface area contributed by atoms with Gasteiger partial charge in [-0.3, -0.25) is 9.36 Å². The van der Waals surface area contributed by atoms with Gasteiger partial charge in [-0.1, -0.05) is 0 Å². The first kappa shape index (κ1) is 15.0. The van der Waals surface area contributed by atoms with Crippen molar-refractivity contribution in [2.45, 2.75) is 39.7 Å². The van der Waals surface area contributed by atoms with Crippen LogP contribution in [0.4, 0.5) is 0 Å². The largest absolute Gasteiger partial charge is 0.481 e. The quantitative estimate of drug-likeness (QED) is 0.821. The van der Waals surface area contributed by atoms with E-state index in [4.69, 9.17) is 5.11 Å². The molecule has 2 N–H and O–H groups in total. The maximum Gasteiger partial charge on any atom is 0.347 e. The van der Waals surface area contributed by atoms with E-state index in [1.165, 1.54) is 4.57 Å². The third-order valence-corrected chi connectivity index (χ3v) is 3.45. The van der Waals surface area contributed by atoms with E-state index in [0.717, 1.165) is 18.7 Å². The number of imidazole rings is 1. The Hall–Kier alpha value is -2.44. The molecule has 0 aliphatic heterocycles. The number of carboxylic acids is 1. The number of hydrogen-bond acceptors (Lipinski definition) is 4. The van der Waals surface area contributed by atoms with E-state index < -0.39 is 5.97 Å². The third kappa shape index (κ3) is 3.56. The fourth-order valence-corrected chi connectivity index (χ4v) is 2.35. The normalized spacial score (nSPS) is 10.8. The Morgan fingerprint density at radius 2 is 2.19 bits per heavy atom. The Bertz CT molecular complexity index is 689. The second-order valence-electron chi connectivity index (χ2n) is 4.91. The molecule has 0 aromatic carbocycles. The van der Waals surface area contributed by atoms with E-state index in [-0.39, 0.29) is 12.1 Å². The predicted octanol–water partition coefficient (Wildman–Crippen LogP) is 0.843. The second-order valence-corrected chi connectivity index (χ2v) is 4.91. The fraction of sp³-hybridized carbons (Fsp3) is 0.429. The summed E-state index contributed by atoms with van der Waals surface area (Å²) in [6.07, 6.45) is 4.77. The number of aromatic amines is 1. The van der Waals surface area contributed by atoms with E-state index in [0.29, 0.717) is 23.5 Å². The zero-order valence-electron chi connectivity index (χ0n) is 12.1. The Balaban J connectivity index is 2.18.